The molecule has 0 bridgehead atoms. The summed E-state index contributed by atoms with van der Waals surface area (Å²) in [5.41, 5.74) is 4.90. The van der Waals surface area contributed by atoms with Crippen molar-refractivity contribution < 1.29 is 19.1 Å². The first-order valence-electron chi connectivity index (χ1n) is 21.1. The van der Waals surface area contributed by atoms with Crippen molar-refractivity contribution in [2.75, 3.05) is 7.11 Å². The second-order valence-corrected chi connectivity index (χ2v) is 20.7. The molecule has 7 rings (SSSR count). The van der Waals surface area contributed by atoms with Crippen molar-refractivity contribution in [2.45, 2.75) is 133 Å². The molecular formula is C50H66O4. The summed E-state index contributed by atoms with van der Waals surface area (Å²) in [7, 11) is 1.45. The van der Waals surface area contributed by atoms with Gasteiger partial charge in [-0.05, 0) is 171 Å². The van der Waals surface area contributed by atoms with Crippen LogP contribution in [-0.2, 0) is 9.47 Å². The van der Waals surface area contributed by atoms with Crippen LogP contribution in [0.4, 0.5) is 0 Å². The second-order valence-electron chi connectivity index (χ2n) is 20.7. The molecule has 2 aromatic rings. The van der Waals surface area contributed by atoms with Gasteiger partial charge in [0.25, 0.3) is 0 Å². The highest BCUT2D eigenvalue weighted by Gasteiger charge is 2.70. The third kappa shape index (κ3) is 6.01. The number of methoxy groups -OCH3 is 1. The lowest BCUT2D eigenvalue weighted by Gasteiger charge is -2.72. The molecule has 5 aliphatic rings. The van der Waals surface area contributed by atoms with E-state index >= 15 is 0 Å². The van der Waals surface area contributed by atoms with E-state index in [-0.39, 0.29) is 39.0 Å². The Labute approximate surface area is 326 Å². The van der Waals surface area contributed by atoms with Crippen molar-refractivity contribution in [3.63, 3.8) is 0 Å². The molecule has 0 saturated heterocycles. The lowest BCUT2D eigenvalue weighted by atomic mass is 9.32. The van der Waals surface area contributed by atoms with Gasteiger partial charge in [0, 0.05) is 11.0 Å². The summed E-state index contributed by atoms with van der Waals surface area (Å²) in [6.07, 6.45) is 13.6. The molecule has 4 saturated carbocycles. The Bertz CT molecular complexity index is 1880. The number of allylic oxidation sites excluding steroid dienone is 2. The van der Waals surface area contributed by atoms with E-state index in [2.05, 4.69) is 78.5 Å². The molecule has 4 nitrogen and oxygen atoms in total. The SMILES string of the molecule is COC(=O)c1ccccc1C#C[C@]12CC[C@@H](C(C)C)[C@@H]1[C@H]1CC[C@@H]3[C@@]4(C)CC=C(c5ccc(C(=O)OC(C)(C)C)cc5)C(C)(C)[C@@H]4CC[C@@]3(C)[C@]1(C)CC2. The number of carbonyl (C=O) groups excluding carboxylic acids is 2. The van der Waals surface area contributed by atoms with E-state index in [4.69, 9.17) is 9.47 Å². The summed E-state index contributed by atoms with van der Waals surface area (Å²) in [4.78, 5) is 25.5. The maximum absolute atomic E-state index is 12.8. The predicted molar refractivity (Wildman–Crippen MR) is 219 cm³/mol. The zero-order chi connectivity index (χ0) is 39.1. The molecule has 0 unspecified atom stereocenters. The van der Waals surface area contributed by atoms with Crippen LogP contribution in [0.1, 0.15) is 159 Å². The van der Waals surface area contributed by atoms with Crippen molar-refractivity contribution in [1.82, 2.24) is 0 Å². The monoisotopic (exact) mass is 730 g/mol. The average Bonchev–Trinajstić information content (AvgIpc) is 3.50. The molecule has 54 heavy (non-hydrogen) atoms. The van der Waals surface area contributed by atoms with Gasteiger partial charge in [-0.25, -0.2) is 9.59 Å². The van der Waals surface area contributed by atoms with Gasteiger partial charge in [0.15, 0.2) is 0 Å². The molecule has 0 aliphatic heterocycles. The summed E-state index contributed by atoms with van der Waals surface area (Å²) in [5, 5.41) is 0. The number of esters is 2. The molecule has 0 radical (unpaired) electrons. The van der Waals surface area contributed by atoms with E-state index in [1.54, 1.807) is 0 Å². The van der Waals surface area contributed by atoms with Gasteiger partial charge in [-0.2, -0.15) is 0 Å². The van der Waals surface area contributed by atoms with Crippen LogP contribution in [0.15, 0.2) is 54.6 Å². The van der Waals surface area contributed by atoms with Crippen LogP contribution >= 0.6 is 0 Å². The Hall–Kier alpha value is -3.32. The summed E-state index contributed by atoms with van der Waals surface area (Å²) < 4.78 is 10.8. The van der Waals surface area contributed by atoms with Crippen molar-refractivity contribution in [3.8, 4) is 11.8 Å². The Morgan fingerprint density at radius 2 is 1.50 bits per heavy atom. The molecule has 0 spiro atoms. The molecule has 0 N–H and O–H groups in total. The largest absolute Gasteiger partial charge is 0.465 e. The lowest BCUT2D eigenvalue weighted by Crippen LogP contribution is -2.65. The first kappa shape index (κ1) is 38.9. The fraction of sp³-hybridized carbons (Fsp3) is 0.640. The molecule has 0 aromatic heterocycles. The van der Waals surface area contributed by atoms with Crippen LogP contribution in [0.3, 0.4) is 0 Å². The molecule has 4 heteroatoms. The molecule has 4 fully saturated rings. The van der Waals surface area contributed by atoms with E-state index in [9.17, 15) is 9.59 Å². The summed E-state index contributed by atoms with van der Waals surface area (Å²) in [5.74, 6) is 10.8. The molecule has 290 valence electrons. The third-order valence-corrected chi connectivity index (χ3v) is 16.5. The van der Waals surface area contributed by atoms with Crippen molar-refractivity contribution >= 4 is 17.5 Å². The van der Waals surface area contributed by atoms with Gasteiger partial charge < -0.3 is 9.47 Å². The fourth-order valence-corrected chi connectivity index (χ4v) is 13.9. The van der Waals surface area contributed by atoms with Gasteiger partial charge in [0.05, 0.1) is 18.2 Å². The summed E-state index contributed by atoms with van der Waals surface area (Å²) in [6, 6.07) is 15.9. The van der Waals surface area contributed by atoms with Crippen molar-refractivity contribution in [1.29, 1.82) is 0 Å². The highest BCUT2D eigenvalue weighted by molar-refractivity contribution is 5.92. The van der Waals surface area contributed by atoms with E-state index < -0.39 is 5.60 Å². The van der Waals surface area contributed by atoms with Crippen LogP contribution in [0.5, 0.6) is 0 Å². The Morgan fingerprint density at radius 1 is 0.796 bits per heavy atom. The minimum absolute atomic E-state index is 0.00382. The molecule has 2 aromatic carbocycles. The van der Waals surface area contributed by atoms with Gasteiger partial charge in [0.1, 0.15) is 5.60 Å². The molecule has 0 heterocycles. The van der Waals surface area contributed by atoms with Crippen molar-refractivity contribution in [3.05, 3.63) is 76.9 Å². The Morgan fingerprint density at radius 3 is 2.17 bits per heavy atom. The smallest absolute Gasteiger partial charge is 0.339 e. The van der Waals surface area contributed by atoms with E-state index in [1.165, 1.54) is 63.2 Å². The van der Waals surface area contributed by atoms with Crippen LogP contribution < -0.4 is 0 Å². The molecule has 5 aliphatic carbocycles. The number of rotatable bonds is 4. The normalized spacial score (nSPS) is 36.7. The average molecular weight is 731 g/mol. The van der Waals surface area contributed by atoms with Crippen LogP contribution in [0.2, 0.25) is 0 Å². The zero-order valence-corrected chi connectivity index (χ0v) is 35.2. The number of fused-ring (bicyclic) bond motifs is 7. The maximum atomic E-state index is 12.8. The van der Waals surface area contributed by atoms with Crippen molar-refractivity contribution in [2.24, 2.45) is 62.6 Å². The number of hydrogen-bond acceptors (Lipinski definition) is 4. The highest BCUT2D eigenvalue weighted by atomic mass is 16.6. The summed E-state index contributed by atoms with van der Waals surface area (Å²) in [6.45, 7) is 23.7. The van der Waals surface area contributed by atoms with Gasteiger partial charge in [-0.15, -0.1) is 0 Å². The zero-order valence-electron chi connectivity index (χ0n) is 35.2. The Balaban J connectivity index is 1.20. The minimum Gasteiger partial charge on any atom is -0.465 e. The number of benzene rings is 2. The number of ether oxygens (including phenoxy) is 2. The third-order valence-electron chi connectivity index (χ3n) is 16.5. The Kier molecular flexibility index (Phi) is 9.67. The van der Waals surface area contributed by atoms with E-state index in [0.717, 1.165) is 18.4 Å². The molecular weight excluding hydrogens is 665 g/mol. The van der Waals surface area contributed by atoms with Gasteiger partial charge in [-0.1, -0.05) is 90.6 Å². The minimum atomic E-state index is -0.512. The summed E-state index contributed by atoms with van der Waals surface area (Å²) >= 11 is 0. The number of carbonyl (C=O) groups is 2. The van der Waals surface area contributed by atoms with Crippen LogP contribution in [0.25, 0.3) is 5.57 Å². The lowest BCUT2D eigenvalue weighted by molar-refractivity contribution is -0.222. The maximum Gasteiger partial charge on any atom is 0.339 e. The molecule has 0 amide bonds. The first-order chi connectivity index (χ1) is 25.3. The van der Waals surface area contributed by atoms with E-state index in [0.29, 0.717) is 46.6 Å². The van der Waals surface area contributed by atoms with Crippen LogP contribution in [-0.4, -0.2) is 24.6 Å². The van der Waals surface area contributed by atoms with E-state index in [1.807, 2.05) is 57.2 Å². The van der Waals surface area contributed by atoms with Gasteiger partial charge >= 0.3 is 11.9 Å². The standard InChI is InChI=1S/C50H66O4/c1-32(2)36-23-29-50(28-22-33-14-12-13-15-37(33)44(52)53-11)31-30-48(9)39(42(36)50)20-21-41-47(8)26-24-38(46(6,7)40(47)25-27-49(41,48)10)34-16-18-35(19-17-34)43(51)54-45(3,4)5/h12-19,24,32,36,39-42H,20-21,23,25-27,29-31H2,1-11H3/t36-,39+,40-,41+,42+,47-,48+,49+,50+/m0/s1. The van der Waals surface area contributed by atoms with Gasteiger partial charge in [0.2, 0.25) is 0 Å². The van der Waals surface area contributed by atoms with Gasteiger partial charge in [-0.3, -0.25) is 0 Å². The number of hydrogen-bond donors (Lipinski definition) is 0. The predicted octanol–water partition coefficient (Wildman–Crippen LogP) is 12.2. The van der Waals surface area contributed by atoms with Crippen LogP contribution in [0, 0.1) is 74.4 Å². The molecule has 9 atom stereocenters. The fourth-order valence-electron chi connectivity index (χ4n) is 13.9. The second kappa shape index (κ2) is 13.4. The quantitative estimate of drug-likeness (QED) is 0.232. The first-order valence-corrected chi connectivity index (χ1v) is 21.1. The topological polar surface area (TPSA) is 52.6 Å². The highest BCUT2D eigenvalue weighted by Crippen LogP contribution is 2.77.